The van der Waals surface area contributed by atoms with Gasteiger partial charge in [0.25, 0.3) is 6.43 Å². The van der Waals surface area contributed by atoms with Crippen molar-refractivity contribution in [3.8, 4) is 22.5 Å². The Kier molecular flexibility index (Phi) is 6.29. The van der Waals surface area contributed by atoms with Gasteiger partial charge in [0.1, 0.15) is 5.69 Å². The summed E-state index contributed by atoms with van der Waals surface area (Å²) in [6.45, 7) is 0. The van der Waals surface area contributed by atoms with Crippen LogP contribution in [0.4, 0.5) is 32.0 Å². The number of aromatic nitrogens is 5. The summed E-state index contributed by atoms with van der Waals surface area (Å²) in [4.78, 5) is 17.1. The Hall–Kier alpha value is -4.07. The van der Waals surface area contributed by atoms with E-state index < -0.39 is 41.6 Å². The molecule has 1 saturated carbocycles. The van der Waals surface area contributed by atoms with Crippen LogP contribution in [0.3, 0.4) is 0 Å². The highest BCUT2D eigenvalue weighted by Crippen LogP contribution is 2.59. The summed E-state index contributed by atoms with van der Waals surface area (Å²) in [6.07, 6.45) is -2.15. The molecule has 38 heavy (non-hydrogen) atoms. The number of pyridine rings is 1. The summed E-state index contributed by atoms with van der Waals surface area (Å²) in [5, 5.41) is 16.3. The third kappa shape index (κ3) is 4.90. The van der Waals surface area contributed by atoms with E-state index in [0.717, 1.165) is 6.08 Å². The van der Waals surface area contributed by atoms with Gasteiger partial charge in [-0.1, -0.05) is 30.4 Å². The smallest absolute Gasteiger partial charge is 0.326 e. The second kappa shape index (κ2) is 9.35. The van der Waals surface area contributed by atoms with Gasteiger partial charge in [-0.2, -0.15) is 5.21 Å². The summed E-state index contributed by atoms with van der Waals surface area (Å²) in [6, 6.07) is 7.16. The van der Waals surface area contributed by atoms with E-state index >= 15 is 4.39 Å². The average molecular weight is 536 g/mol. The minimum absolute atomic E-state index is 0.122. The van der Waals surface area contributed by atoms with Crippen LogP contribution in [0, 0.1) is 11.3 Å². The van der Waals surface area contributed by atoms with E-state index in [0.29, 0.717) is 22.8 Å². The number of tetrazole rings is 1. The number of carbonyl (C=O) groups excluding carboxylic acids is 1. The lowest BCUT2D eigenvalue weighted by Gasteiger charge is -2.36. The van der Waals surface area contributed by atoms with E-state index in [9.17, 15) is 26.7 Å². The number of benzene rings is 1. The lowest BCUT2D eigenvalue weighted by Crippen LogP contribution is -2.47. The molecule has 14 heteroatoms. The van der Waals surface area contributed by atoms with Crippen molar-refractivity contribution in [3.05, 3.63) is 66.5 Å². The first-order chi connectivity index (χ1) is 18.0. The van der Waals surface area contributed by atoms with E-state index in [-0.39, 0.29) is 24.4 Å². The number of ether oxygens (including phenoxy) is 1. The standard InChI is InChI=1S/C24H18F6N6O2/c25-19(26)17-7-4-13(12-31-17)15-6-5-14(11-16(15)20-33-35-36-34-20)32-21(37)22(9-10-22)18-3-1-2-8-23(18,27)38-24(28,29)30/h1-8,11-12,18-19H,9-10H2,(H,32,37)(H,33,34,35,36). The monoisotopic (exact) mass is 536 g/mol. The molecule has 0 aliphatic heterocycles. The minimum Gasteiger partial charge on any atom is -0.326 e. The fourth-order valence-corrected chi connectivity index (χ4v) is 4.53. The lowest BCUT2D eigenvalue weighted by atomic mass is 9.79. The summed E-state index contributed by atoms with van der Waals surface area (Å²) < 4.78 is 83.9. The molecule has 2 aliphatic carbocycles. The molecule has 0 radical (unpaired) electrons. The zero-order valence-electron chi connectivity index (χ0n) is 19.2. The van der Waals surface area contributed by atoms with Crippen molar-refractivity contribution in [2.24, 2.45) is 11.3 Å². The quantitative estimate of drug-likeness (QED) is 0.385. The summed E-state index contributed by atoms with van der Waals surface area (Å²) in [5.41, 5.74) is -0.357. The molecule has 0 bridgehead atoms. The number of allylic oxidation sites excluding steroid dienone is 2. The SMILES string of the molecule is O=C(Nc1ccc(-c2ccc(C(F)F)nc2)c(-c2nn[nH]n2)c1)C1(C2C=CC=CC2(F)OC(F)(F)F)CC1. The Morgan fingerprint density at radius 1 is 1.13 bits per heavy atom. The Morgan fingerprint density at radius 3 is 2.53 bits per heavy atom. The fraction of sp³-hybridized carbons (Fsp3) is 0.292. The molecule has 2 aromatic heterocycles. The second-order valence-corrected chi connectivity index (χ2v) is 8.85. The van der Waals surface area contributed by atoms with Crippen LogP contribution >= 0.6 is 0 Å². The second-order valence-electron chi connectivity index (χ2n) is 8.85. The van der Waals surface area contributed by atoms with E-state index in [1.165, 1.54) is 42.6 Å². The first-order valence-corrected chi connectivity index (χ1v) is 11.3. The van der Waals surface area contributed by atoms with Crippen molar-refractivity contribution < 1.29 is 35.9 Å². The van der Waals surface area contributed by atoms with E-state index in [2.05, 4.69) is 35.7 Å². The maximum Gasteiger partial charge on any atom is 0.525 e. The first-order valence-electron chi connectivity index (χ1n) is 11.3. The topological polar surface area (TPSA) is 106 Å². The molecule has 1 amide bonds. The van der Waals surface area contributed by atoms with Gasteiger partial charge >= 0.3 is 6.36 Å². The van der Waals surface area contributed by atoms with E-state index in [1.54, 1.807) is 6.07 Å². The van der Waals surface area contributed by atoms with Gasteiger partial charge in [0.05, 0.1) is 11.3 Å². The number of nitrogens with one attached hydrogen (secondary N) is 2. The highest BCUT2D eigenvalue weighted by molar-refractivity contribution is 5.99. The number of hydrogen-bond donors (Lipinski definition) is 2. The third-order valence-electron chi connectivity index (χ3n) is 6.46. The number of halogens is 6. The Labute approximate surface area is 210 Å². The minimum atomic E-state index is -5.26. The van der Waals surface area contributed by atoms with Crippen LogP contribution in [-0.4, -0.2) is 43.7 Å². The van der Waals surface area contributed by atoms with E-state index in [4.69, 9.17) is 0 Å². The number of aromatic amines is 1. The number of amides is 1. The molecule has 2 heterocycles. The van der Waals surface area contributed by atoms with Crippen molar-refractivity contribution in [1.29, 1.82) is 0 Å². The van der Waals surface area contributed by atoms with Crippen molar-refractivity contribution >= 4 is 11.6 Å². The van der Waals surface area contributed by atoms with Crippen LogP contribution in [0.1, 0.15) is 25.0 Å². The molecular formula is C24H18F6N6O2. The number of nitrogens with zero attached hydrogens (tertiary/aromatic N) is 4. The maximum atomic E-state index is 15.4. The molecule has 2 aliphatic rings. The molecule has 2 N–H and O–H groups in total. The molecule has 2 atom stereocenters. The number of hydrogen-bond acceptors (Lipinski definition) is 6. The van der Waals surface area contributed by atoms with Gasteiger partial charge in [-0.05, 0) is 47.9 Å². The number of anilines is 1. The van der Waals surface area contributed by atoms with Crippen molar-refractivity contribution in [2.45, 2.75) is 31.5 Å². The van der Waals surface area contributed by atoms with Crippen molar-refractivity contribution in [1.82, 2.24) is 25.6 Å². The van der Waals surface area contributed by atoms with Gasteiger partial charge in [-0.3, -0.25) is 9.78 Å². The largest absolute Gasteiger partial charge is 0.525 e. The number of alkyl halides is 6. The molecule has 1 fully saturated rings. The number of rotatable bonds is 7. The van der Waals surface area contributed by atoms with Crippen LogP contribution in [0.25, 0.3) is 22.5 Å². The molecule has 0 saturated heterocycles. The first kappa shape index (κ1) is 25.6. The summed E-state index contributed by atoms with van der Waals surface area (Å²) in [5.74, 6) is -5.34. The molecule has 5 rings (SSSR count). The molecule has 8 nitrogen and oxygen atoms in total. The summed E-state index contributed by atoms with van der Waals surface area (Å²) in [7, 11) is 0. The zero-order valence-corrected chi connectivity index (χ0v) is 19.2. The van der Waals surface area contributed by atoms with Crippen molar-refractivity contribution in [2.75, 3.05) is 5.32 Å². The molecule has 2 unspecified atom stereocenters. The van der Waals surface area contributed by atoms with Crippen LogP contribution in [0.5, 0.6) is 0 Å². The Bertz CT molecular complexity index is 1390. The fourth-order valence-electron chi connectivity index (χ4n) is 4.53. The third-order valence-corrected chi connectivity index (χ3v) is 6.46. The number of H-pyrrole nitrogens is 1. The van der Waals surface area contributed by atoms with Gasteiger partial charge in [-0.15, -0.1) is 23.4 Å². The number of carbonyl (C=O) groups is 1. The highest BCUT2D eigenvalue weighted by atomic mass is 19.4. The molecular weight excluding hydrogens is 518 g/mol. The molecule has 198 valence electrons. The molecule has 1 aromatic carbocycles. The van der Waals surface area contributed by atoms with Crippen LogP contribution in [0.15, 0.2) is 60.8 Å². The van der Waals surface area contributed by atoms with Gasteiger partial charge in [0.2, 0.25) is 17.6 Å². The lowest BCUT2D eigenvalue weighted by molar-refractivity contribution is -0.390. The normalized spacial score (nSPS) is 22.0. The van der Waals surface area contributed by atoms with Crippen molar-refractivity contribution in [3.63, 3.8) is 0 Å². The Morgan fingerprint density at radius 2 is 1.92 bits per heavy atom. The van der Waals surface area contributed by atoms with Crippen LogP contribution in [0.2, 0.25) is 0 Å². The van der Waals surface area contributed by atoms with Gasteiger partial charge < -0.3 is 5.32 Å². The maximum absolute atomic E-state index is 15.4. The van der Waals surface area contributed by atoms with Gasteiger partial charge in [0.15, 0.2) is 0 Å². The average Bonchev–Trinajstić information content (AvgIpc) is 3.47. The Balaban J connectivity index is 1.44. The van der Waals surface area contributed by atoms with Gasteiger partial charge in [0, 0.05) is 23.0 Å². The molecule has 3 aromatic rings. The summed E-state index contributed by atoms with van der Waals surface area (Å²) >= 11 is 0. The predicted octanol–water partition coefficient (Wildman–Crippen LogP) is 5.53. The predicted molar refractivity (Wildman–Crippen MR) is 121 cm³/mol. The molecule has 0 spiro atoms. The van der Waals surface area contributed by atoms with Gasteiger partial charge in [-0.25, -0.2) is 17.9 Å². The highest BCUT2D eigenvalue weighted by Gasteiger charge is 2.64. The van der Waals surface area contributed by atoms with Crippen LogP contribution < -0.4 is 5.32 Å². The van der Waals surface area contributed by atoms with Crippen LogP contribution in [-0.2, 0) is 9.53 Å². The zero-order chi connectivity index (χ0) is 27.1. The van der Waals surface area contributed by atoms with E-state index in [1.807, 2.05) is 0 Å².